The normalized spacial score (nSPS) is 16.9. The van der Waals surface area contributed by atoms with Crippen LogP contribution in [0.5, 0.6) is 0 Å². The van der Waals surface area contributed by atoms with Gasteiger partial charge < -0.3 is 5.32 Å². The van der Waals surface area contributed by atoms with Gasteiger partial charge >= 0.3 is 6.18 Å². The first-order valence-corrected chi connectivity index (χ1v) is 6.79. The highest BCUT2D eigenvalue weighted by Gasteiger charge is 2.31. The fourth-order valence-electron chi connectivity index (χ4n) is 2.09. The Bertz CT molecular complexity index is 420. The van der Waals surface area contributed by atoms with Crippen LogP contribution in [0.15, 0.2) is 0 Å². The van der Waals surface area contributed by atoms with Crippen molar-refractivity contribution in [1.29, 1.82) is 0 Å². The third-order valence-electron chi connectivity index (χ3n) is 3.17. The molecule has 7 nitrogen and oxygen atoms in total. The Balaban J connectivity index is 2.26. The van der Waals surface area contributed by atoms with Gasteiger partial charge in [-0.3, -0.25) is 30.1 Å². The number of amides is 3. The second kappa shape index (κ2) is 7.97. The predicted octanol–water partition coefficient (Wildman–Crippen LogP) is -0.456. The third-order valence-corrected chi connectivity index (χ3v) is 3.17. The molecule has 3 N–H and O–H groups in total. The summed E-state index contributed by atoms with van der Waals surface area (Å²) in [6.07, 6.45) is -3.65. The van der Waals surface area contributed by atoms with E-state index in [9.17, 15) is 27.6 Å². The number of halogens is 3. The zero-order valence-electron chi connectivity index (χ0n) is 12.1. The summed E-state index contributed by atoms with van der Waals surface area (Å²) in [5, 5.41) is 1.87. The smallest absolute Gasteiger partial charge is 0.347 e. The van der Waals surface area contributed by atoms with E-state index in [-0.39, 0.29) is 6.54 Å². The van der Waals surface area contributed by atoms with Crippen molar-refractivity contribution in [1.82, 2.24) is 21.1 Å². The number of hydrogen-bond acceptors (Lipinski definition) is 4. The van der Waals surface area contributed by atoms with Gasteiger partial charge in [0.25, 0.3) is 5.91 Å². The molecule has 1 fully saturated rings. The maximum Gasteiger partial charge on any atom is 0.405 e. The number of hydrazine groups is 1. The van der Waals surface area contributed by atoms with E-state index in [0.717, 1.165) is 0 Å². The molecule has 0 unspecified atom stereocenters. The molecule has 0 saturated carbocycles. The van der Waals surface area contributed by atoms with Crippen molar-refractivity contribution >= 4 is 17.7 Å². The summed E-state index contributed by atoms with van der Waals surface area (Å²) in [4.78, 5) is 35.5. The van der Waals surface area contributed by atoms with Crippen LogP contribution in [-0.4, -0.2) is 55.0 Å². The zero-order chi connectivity index (χ0) is 16.8. The fourth-order valence-corrected chi connectivity index (χ4v) is 2.09. The highest BCUT2D eigenvalue weighted by Crippen LogP contribution is 2.18. The summed E-state index contributed by atoms with van der Waals surface area (Å²) in [5.74, 6) is -1.87. The molecule has 1 aliphatic rings. The Morgan fingerprint density at radius 1 is 1.14 bits per heavy atom. The predicted molar refractivity (Wildman–Crippen MR) is 70.2 cm³/mol. The van der Waals surface area contributed by atoms with Crippen molar-refractivity contribution in [3.8, 4) is 0 Å². The van der Waals surface area contributed by atoms with Crippen molar-refractivity contribution < 1.29 is 27.6 Å². The van der Waals surface area contributed by atoms with Crippen LogP contribution in [0.2, 0.25) is 0 Å². The molecule has 126 valence electrons. The minimum absolute atomic E-state index is 0.0527. The highest BCUT2D eigenvalue weighted by atomic mass is 19.4. The summed E-state index contributed by atoms with van der Waals surface area (Å²) in [5.41, 5.74) is 4.37. The molecule has 3 amide bonds. The molecule has 0 atom stereocenters. The molecule has 1 saturated heterocycles. The van der Waals surface area contributed by atoms with Crippen LogP contribution in [0.4, 0.5) is 13.2 Å². The molecule has 22 heavy (non-hydrogen) atoms. The third kappa shape index (κ3) is 7.25. The summed E-state index contributed by atoms with van der Waals surface area (Å²) in [6.45, 7) is 0.836. The van der Waals surface area contributed by atoms with Crippen LogP contribution in [-0.2, 0) is 14.4 Å². The van der Waals surface area contributed by atoms with E-state index in [1.807, 2.05) is 5.32 Å². The molecular formula is C12H19F3N4O3. The number of nitrogens with one attached hydrogen (secondary N) is 3. The van der Waals surface area contributed by atoms with Crippen molar-refractivity contribution in [2.45, 2.75) is 25.9 Å². The zero-order valence-corrected chi connectivity index (χ0v) is 12.1. The minimum atomic E-state index is -4.42. The van der Waals surface area contributed by atoms with Gasteiger partial charge in [0.2, 0.25) is 11.8 Å². The monoisotopic (exact) mass is 324 g/mol. The van der Waals surface area contributed by atoms with Gasteiger partial charge in [-0.15, -0.1) is 0 Å². The van der Waals surface area contributed by atoms with Gasteiger partial charge in [-0.2, -0.15) is 13.2 Å². The van der Waals surface area contributed by atoms with Crippen LogP contribution in [0.3, 0.4) is 0 Å². The van der Waals surface area contributed by atoms with Gasteiger partial charge in [0.15, 0.2) is 0 Å². The van der Waals surface area contributed by atoms with E-state index in [1.54, 1.807) is 4.90 Å². The van der Waals surface area contributed by atoms with Gasteiger partial charge in [0.1, 0.15) is 6.54 Å². The molecule has 0 aromatic heterocycles. The lowest BCUT2D eigenvalue weighted by Crippen LogP contribution is -2.48. The maximum atomic E-state index is 12.0. The SMILES string of the molecule is CC(=O)NNC(=O)CN1CCC(C(=O)NCC(F)(F)F)CC1. The van der Waals surface area contributed by atoms with Gasteiger partial charge in [-0.25, -0.2) is 0 Å². The summed E-state index contributed by atoms with van der Waals surface area (Å²) < 4.78 is 36.1. The van der Waals surface area contributed by atoms with Crippen LogP contribution in [0, 0.1) is 5.92 Å². The van der Waals surface area contributed by atoms with Crippen LogP contribution in [0.25, 0.3) is 0 Å². The number of rotatable bonds is 4. The lowest BCUT2D eigenvalue weighted by molar-refractivity contribution is -0.141. The first kappa shape index (κ1) is 18.2. The van der Waals surface area contributed by atoms with E-state index in [1.165, 1.54) is 6.92 Å². The second-order valence-electron chi connectivity index (χ2n) is 5.11. The van der Waals surface area contributed by atoms with Gasteiger partial charge in [0, 0.05) is 12.8 Å². The average molecular weight is 324 g/mol. The summed E-state index contributed by atoms with van der Waals surface area (Å²) in [6, 6.07) is 0. The van der Waals surface area contributed by atoms with Crippen molar-refractivity contribution in [3.63, 3.8) is 0 Å². The number of carbonyl (C=O) groups excluding carboxylic acids is 3. The second-order valence-corrected chi connectivity index (χ2v) is 5.11. The van der Waals surface area contributed by atoms with E-state index < -0.39 is 36.4 Å². The first-order chi connectivity index (χ1) is 10.2. The molecule has 1 rings (SSSR count). The lowest BCUT2D eigenvalue weighted by atomic mass is 9.96. The largest absolute Gasteiger partial charge is 0.405 e. The van der Waals surface area contributed by atoms with E-state index in [2.05, 4.69) is 10.9 Å². The fraction of sp³-hybridized carbons (Fsp3) is 0.750. The Labute approximate surface area is 125 Å². The maximum absolute atomic E-state index is 12.0. The Morgan fingerprint density at radius 2 is 1.73 bits per heavy atom. The Kier molecular flexibility index (Phi) is 6.60. The van der Waals surface area contributed by atoms with Gasteiger partial charge in [-0.1, -0.05) is 0 Å². The van der Waals surface area contributed by atoms with Gasteiger partial charge in [-0.05, 0) is 25.9 Å². The summed E-state index contributed by atoms with van der Waals surface area (Å²) in [7, 11) is 0. The topological polar surface area (TPSA) is 90.5 Å². The summed E-state index contributed by atoms with van der Waals surface area (Å²) >= 11 is 0. The standard InChI is InChI=1S/C12H19F3N4O3/c1-8(20)17-18-10(21)6-19-4-2-9(3-5-19)11(22)16-7-12(13,14)15/h9H,2-7H2,1H3,(H,16,22)(H,17,20)(H,18,21). The average Bonchev–Trinajstić information content (AvgIpc) is 2.42. The first-order valence-electron chi connectivity index (χ1n) is 6.79. The van der Waals surface area contributed by atoms with Crippen LogP contribution in [0.1, 0.15) is 19.8 Å². The van der Waals surface area contributed by atoms with Crippen LogP contribution >= 0.6 is 0 Å². The molecule has 0 radical (unpaired) electrons. The Morgan fingerprint density at radius 3 is 2.23 bits per heavy atom. The van der Waals surface area contributed by atoms with Gasteiger partial charge in [0.05, 0.1) is 6.54 Å². The number of hydrogen-bond donors (Lipinski definition) is 3. The molecule has 0 aliphatic carbocycles. The molecule has 0 bridgehead atoms. The molecule has 1 heterocycles. The van der Waals surface area contributed by atoms with Crippen LogP contribution < -0.4 is 16.2 Å². The van der Waals surface area contributed by atoms with E-state index in [4.69, 9.17) is 0 Å². The molecule has 10 heteroatoms. The number of alkyl halides is 3. The molecule has 0 spiro atoms. The quantitative estimate of drug-likeness (QED) is 0.611. The number of nitrogens with zero attached hydrogens (tertiary/aromatic N) is 1. The number of piperidine rings is 1. The molecule has 1 aliphatic heterocycles. The van der Waals surface area contributed by atoms with Crippen molar-refractivity contribution in [2.24, 2.45) is 5.92 Å². The molecular weight excluding hydrogens is 305 g/mol. The molecule has 0 aromatic carbocycles. The van der Waals surface area contributed by atoms with Crippen molar-refractivity contribution in [3.05, 3.63) is 0 Å². The van der Waals surface area contributed by atoms with E-state index >= 15 is 0 Å². The number of likely N-dealkylation sites (tertiary alicyclic amines) is 1. The molecule has 0 aromatic rings. The lowest BCUT2D eigenvalue weighted by Gasteiger charge is -2.30. The Hall–Kier alpha value is -1.84. The highest BCUT2D eigenvalue weighted by molar-refractivity contribution is 5.82. The van der Waals surface area contributed by atoms with Crippen molar-refractivity contribution in [2.75, 3.05) is 26.2 Å². The number of carbonyl (C=O) groups is 3. The minimum Gasteiger partial charge on any atom is -0.347 e. The van der Waals surface area contributed by atoms with E-state index in [0.29, 0.717) is 25.9 Å².